The molecule has 12 nitrogen and oxygen atoms in total. The number of rotatable bonds is 16. The number of hydrogen-bond donors (Lipinski definition) is 2. The van der Waals surface area contributed by atoms with Crippen LogP contribution in [0.25, 0.3) is 0 Å². The predicted octanol–water partition coefficient (Wildman–Crippen LogP) is 11.4. The van der Waals surface area contributed by atoms with Gasteiger partial charge in [0, 0.05) is 19.3 Å². The van der Waals surface area contributed by atoms with Crippen LogP contribution in [0.1, 0.15) is 130 Å². The number of nitrogens with zero attached hydrogens (tertiary/aromatic N) is 2. The molecule has 2 aliphatic heterocycles. The SMILES string of the molecule is CC(C)(C)OC(=O)N1[C@@H](Cc2ccccc2)[C@H](CCC(=O)CCCc2ccccc2)OC1(C)C.CC(C)(C)OC(=O)N1[C@@H](Cc2ccccc2)[C@H](CCC(=O)O)OC1(C)C.NCCc1ccccc1. The first-order chi connectivity index (χ1) is 32.5. The summed E-state index contributed by atoms with van der Waals surface area (Å²) in [5.74, 6) is -0.632. The Kier molecular flexibility index (Phi) is 21.0. The van der Waals surface area contributed by atoms with Crippen molar-refractivity contribution in [1.29, 1.82) is 0 Å². The summed E-state index contributed by atoms with van der Waals surface area (Å²) < 4.78 is 23.8. The van der Waals surface area contributed by atoms with Gasteiger partial charge in [-0.2, -0.15) is 0 Å². The van der Waals surface area contributed by atoms with Crippen molar-refractivity contribution in [1.82, 2.24) is 9.80 Å². The number of nitrogens with two attached hydrogens (primary N) is 1. The maximum Gasteiger partial charge on any atom is 0.412 e. The summed E-state index contributed by atoms with van der Waals surface area (Å²) in [6.45, 7) is 19.2. The fraction of sp³-hybridized carbons (Fsp3) is 0.509. The third kappa shape index (κ3) is 19.0. The molecule has 4 atom stereocenters. The van der Waals surface area contributed by atoms with Gasteiger partial charge >= 0.3 is 18.2 Å². The number of ether oxygens (including phenoxy) is 4. The molecule has 4 aromatic carbocycles. The number of hydrogen-bond acceptors (Lipinski definition) is 9. The van der Waals surface area contributed by atoms with Crippen LogP contribution in [0.15, 0.2) is 121 Å². The average molecular weight is 950 g/mol. The maximum atomic E-state index is 13.2. The topological polar surface area (TPSA) is 158 Å². The number of aliphatic carboxylic acids is 1. The van der Waals surface area contributed by atoms with Crippen LogP contribution in [0.2, 0.25) is 0 Å². The third-order valence-electron chi connectivity index (χ3n) is 11.7. The molecule has 69 heavy (non-hydrogen) atoms. The van der Waals surface area contributed by atoms with Gasteiger partial charge in [0.15, 0.2) is 0 Å². The fourth-order valence-corrected chi connectivity index (χ4v) is 8.77. The van der Waals surface area contributed by atoms with Crippen LogP contribution in [0.3, 0.4) is 0 Å². The minimum atomic E-state index is -0.874. The second-order valence-electron chi connectivity index (χ2n) is 20.8. The van der Waals surface area contributed by atoms with Crippen LogP contribution in [-0.2, 0) is 54.2 Å². The summed E-state index contributed by atoms with van der Waals surface area (Å²) in [6.07, 6.45) is 4.47. The van der Waals surface area contributed by atoms with Gasteiger partial charge in [-0.25, -0.2) is 9.59 Å². The van der Waals surface area contributed by atoms with Crippen LogP contribution in [-0.4, -0.2) is 92.3 Å². The lowest BCUT2D eigenvalue weighted by Gasteiger charge is -2.35. The molecule has 2 aliphatic rings. The Morgan fingerprint density at radius 1 is 0.551 bits per heavy atom. The monoisotopic (exact) mass is 950 g/mol. The van der Waals surface area contributed by atoms with E-state index in [1.54, 1.807) is 9.80 Å². The first kappa shape index (κ1) is 56.0. The molecule has 6 rings (SSSR count). The van der Waals surface area contributed by atoms with Gasteiger partial charge in [0.1, 0.15) is 28.4 Å². The Morgan fingerprint density at radius 3 is 1.25 bits per heavy atom. The summed E-state index contributed by atoms with van der Waals surface area (Å²) in [6, 6.07) is 39.9. The number of carbonyl (C=O) groups excluding carboxylic acids is 3. The van der Waals surface area contributed by atoms with Crippen molar-refractivity contribution in [3.8, 4) is 0 Å². The summed E-state index contributed by atoms with van der Waals surface area (Å²) >= 11 is 0. The first-order valence-corrected chi connectivity index (χ1v) is 24.5. The molecule has 0 bridgehead atoms. The lowest BCUT2D eigenvalue weighted by Crippen LogP contribution is -2.51. The molecule has 2 fully saturated rings. The Bertz CT molecular complexity index is 2170. The molecule has 12 heteroatoms. The summed E-state index contributed by atoms with van der Waals surface area (Å²) in [7, 11) is 0. The highest BCUT2D eigenvalue weighted by Crippen LogP contribution is 2.39. The lowest BCUT2D eigenvalue weighted by atomic mass is 9.96. The predicted molar refractivity (Wildman–Crippen MR) is 272 cm³/mol. The molecular weight excluding hydrogens is 871 g/mol. The molecular formula is C57H79N3O9. The van der Waals surface area contributed by atoms with Gasteiger partial charge in [0.2, 0.25) is 0 Å². The van der Waals surface area contributed by atoms with Crippen LogP contribution in [0.5, 0.6) is 0 Å². The molecule has 0 saturated carbocycles. The van der Waals surface area contributed by atoms with E-state index in [-0.39, 0.29) is 42.6 Å². The molecule has 4 aromatic rings. The quantitative estimate of drug-likeness (QED) is 0.111. The van der Waals surface area contributed by atoms with E-state index in [0.29, 0.717) is 38.5 Å². The average Bonchev–Trinajstić information content (AvgIpc) is 3.68. The zero-order valence-electron chi connectivity index (χ0n) is 42.8. The Labute approximate surface area is 411 Å². The van der Waals surface area contributed by atoms with E-state index < -0.39 is 34.7 Å². The van der Waals surface area contributed by atoms with E-state index in [1.165, 1.54) is 11.1 Å². The summed E-state index contributed by atoms with van der Waals surface area (Å²) in [5.41, 5.74) is 7.22. The zero-order valence-corrected chi connectivity index (χ0v) is 42.8. The molecule has 2 saturated heterocycles. The largest absolute Gasteiger partial charge is 0.481 e. The number of carboxylic acids is 1. The second-order valence-corrected chi connectivity index (χ2v) is 20.8. The number of amides is 2. The van der Waals surface area contributed by atoms with Crippen molar-refractivity contribution >= 4 is 23.9 Å². The van der Waals surface area contributed by atoms with Gasteiger partial charge < -0.3 is 29.8 Å². The summed E-state index contributed by atoms with van der Waals surface area (Å²) in [4.78, 5) is 53.1. The minimum absolute atomic E-state index is 0.00576. The van der Waals surface area contributed by atoms with Gasteiger partial charge in [-0.15, -0.1) is 0 Å². The second kappa shape index (κ2) is 25.9. The molecule has 0 radical (unpaired) electrons. The Hall–Kier alpha value is -5.56. The van der Waals surface area contributed by atoms with Crippen molar-refractivity contribution < 1.29 is 43.2 Å². The molecule has 0 aromatic heterocycles. The van der Waals surface area contributed by atoms with Crippen molar-refractivity contribution in [3.05, 3.63) is 144 Å². The number of carboxylic acid groups (broad SMARTS) is 1. The van der Waals surface area contributed by atoms with Crippen LogP contribution in [0.4, 0.5) is 9.59 Å². The zero-order chi connectivity index (χ0) is 50.8. The number of aryl methyl sites for hydroxylation is 1. The number of ketones is 1. The lowest BCUT2D eigenvalue weighted by molar-refractivity contribution is -0.138. The first-order valence-electron chi connectivity index (χ1n) is 24.5. The molecule has 376 valence electrons. The van der Waals surface area contributed by atoms with E-state index in [2.05, 4.69) is 36.4 Å². The highest BCUT2D eigenvalue weighted by molar-refractivity contribution is 5.78. The normalized spacial score (nSPS) is 19.3. The highest BCUT2D eigenvalue weighted by Gasteiger charge is 2.52. The van der Waals surface area contributed by atoms with Crippen LogP contribution >= 0.6 is 0 Å². The van der Waals surface area contributed by atoms with Crippen molar-refractivity contribution in [2.45, 2.75) is 180 Å². The van der Waals surface area contributed by atoms with E-state index in [0.717, 1.165) is 36.9 Å². The molecule has 2 amide bonds. The number of benzene rings is 4. The third-order valence-corrected chi connectivity index (χ3v) is 11.7. The van der Waals surface area contributed by atoms with E-state index in [9.17, 15) is 19.2 Å². The Balaban J connectivity index is 0.000000260. The van der Waals surface area contributed by atoms with Crippen molar-refractivity contribution in [2.24, 2.45) is 5.73 Å². The molecule has 3 N–H and O–H groups in total. The maximum absolute atomic E-state index is 13.2. The molecule has 0 unspecified atom stereocenters. The van der Waals surface area contributed by atoms with Crippen LogP contribution < -0.4 is 5.73 Å². The van der Waals surface area contributed by atoms with E-state index in [1.807, 2.05) is 154 Å². The van der Waals surface area contributed by atoms with Gasteiger partial charge in [0.25, 0.3) is 0 Å². The van der Waals surface area contributed by atoms with E-state index in [4.69, 9.17) is 29.8 Å². The van der Waals surface area contributed by atoms with Crippen LogP contribution in [0, 0.1) is 0 Å². The van der Waals surface area contributed by atoms with Gasteiger partial charge in [-0.1, -0.05) is 121 Å². The van der Waals surface area contributed by atoms with Crippen molar-refractivity contribution in [2.75, 3.05) is 6.54 Å². The minimum Gasteiger partial charge on any atom is -0.481 e. The van der Waals surface area contributed by atoms with Crippen molar-refractivity contribution in [3.63, 3.8) is 0 Å². The van der Waals surface area contributed by atoms with Gasteiger partial charge in [0.05, 0.1) is 24.3 Å². The molecule has 2 heterocycles. The molecule has 0 aliphatic carbocycles. The smallest absolute Gasteiger partial charge is 0.412 e. The Morgan fingerprint density at radius 2 is 0.899 bits per heavy atom. The summed E-state index contributed by atoms with van der Waals surface area (Å²) in [5, 5.41) is 9.05. The number of carbonyl (C=O) groups is 4. The number of Topliss-reactive ketones (excluding diaryl/α,β-unsaturated/α-hetero) is 1. The van der Waals surface area contributed by atoms with E-state index >= 15 is 0 Å². The fourth-order valence-electron chi connectivity index (χ4n) is 8.77. The van der Waals surface area contributed by atoms with Gasteiger partial charge in [-0.3, -0.25) is 19.4 Å². The highest BCUT2D eigenvalue weighted by atomic mass is 16.6. The standard InChI is InChI=1S/C29H39NO4.C20H29NO5.C8H11N/c1-28(2,3)34-27(32)30-25(21-23-15-10-7-11-16-23)26(33-29(30,4)5)20-19-24(31)18-12-17-22-13-8-6-9-14-22;1-19(2,3)26-18(24)21-15(13-14-9-7-6-8-10-14)16(11-12-17(22)23)25-20(21,4)5;9-7-6-8-4-2-1-3-5-8/h6-11,13-16,25-26H,12,17-21H2,1-5H3;6-10,15-16H,11-13H2,1-5H3,(H,22,23);1-5H,6-7,9H2/t25-,26-;15-,16-;/m00./s1. The van der Waals surface area contributed by atoms with Gasteiger partial charge in [-0.05, 0) is 143 Å². The molecule has 0 spiro atoms.